The molecule has 13 heavy (non-hydrogen) atoms. The minimum absolute atomic E-state index is 0.109. The number of ketones is 1. The summed E-state index contributed by atoms with van der Waals surface area (Å²) in [7, 11) is 0. The van der Waals surface area contributed by atoms with Gasteiger partial charge >= 0.3 is 0 Å². The summed E-state index contributed by atoms with van der Waals surface area (Å²) in [6.45, 7) is 9.30. The van der Waals surface area contributed by atoms with Crippen LogP contribution < -0.4 is 0 Å². The summed E-state index contributed by atoms with van der Waals surface area (Å²) in [4.78, 5) is 13.6. The van der Waals surface area contributed by atoms with E-state index in [1.165, 1.54) is 12.8 Å². The average Bonchev–Trinajstić information content (AvgIpc) is 2.08. The molecule has 0 aromatic rings. The van der Waals surface area contributed by atoms with Gasteiger partial charge in [0.25, 0.3) is 0 Å². The highest BCUT2D eigenvalue weighted by molar-refractivity contribution is 5.81. The van der Waals surface area contributed by atoms with Crippen LogP contribution in [0.15, 0.2) is 0 Å². The van der Waals surface area contributed by atoms with Crippen LogP contribution in [0, 0.1) is 5.92 Å². The van der Waals surface area contributed by atoms with Crippen molar-refractivity contribution in [2.24, 2.45) is 5.92 Å². The van der Waals surface area contributed by atoms with Gasteiger partial charge in [-0.1, -0.05) is 6.92 Å². The zero-order valence-corrected chi connectivity index (χ0v) is 9.21. The largest absolute Gasteiger partial charge is 0.298 e. The lowest BCUT2D eigenvalue weighted by atomic mass is 9.93. The van der Waals surface area contributed by atoms with Gasteiger partial charge in [-0.25, -0.2) is 0 Å². The first-order chi connectivity index (χ1) is 6.02. The zero-order chi connectivity index (χ0) is 10.0. The molecule has 0 radical (unpaired) electrons. The van der Waals surface area contributed by atoms with Gasteiger partial charge in [0, 0.05) is 12.6 Å². The second-order valence-electron chi connectivity index (χ2n) is 4.51. The maximum atomic E-state index is 11.3. The monoisotopic (exact) mass is 183 g/mol. The number of piperidine rings is 1. The molecule has 76 valence electrons. The fourth-order valence-electron chi connectivity index (χ4n) is 2.10. The molecule has 1 aliphatic rings. The van der Waals surface area contributed by atoms with E-state index < -0.39 is 0 Å². The zero-order valence-electron chi connectivity index (χ0n) is 9.21. The van der Waals surface area contributed by atoms with Crippen molar-refractivity contribution >= 4 is 5.78 Å². The topological polar surface area (TPSA) is 20.3 Å². The van der Waals surface area contributed by atoms with Crippen LogP contribution in [0.4, 0.5) is 0 Å². The molecule has 1 heterocycles. The van der Waals surface area contributed by atoms with Crippen LogP contribution >= 0.6 is 0 Å². The Hall–Kier alpha value is -0.370. The molecule has 0 N–H and O–H groups in total. The Morgan fingerprint density at radius 2 is 2.00 bits per heavy atom. The molecule has 1 saturated heterocycles. The highest BCUT2D eigenvalue weighted by atomic mass is 16.1. The lowest BCUT2D eigenvalue weighted by Gasteiger charge is -2.39. The fraction of sp³-hybridized carbons (Fsp3) is 0.909. The lowest BCUT2D eigenvalue weighted by Crippen LogP contribution is -2.48. The molecule has 2 nitrogen and oxygen atoms in total. The maximum Gasteiger partial charge on any atom is 0.146 e. The number of nitrogens with zero attached hydrogens (tertiary/aromatic N) is 1. The van der Waals surface area contributed by atoms with Gasteiger partial charge in [-0.2, -0.15) is 0 Å². The highest BCUT2D eigenvalue weighted by Crippen LogP contribution is 2.23. The molecule has 0 bridgehead atoms. The molecule has 2 heteroatoms. The smallest absolute Gasteiger partial charge is 0.146 e. The summed E-state index contributed by atoms with van der Waals surface area (Å²) in [6.07, 6.45) is 2.54. The van der Waals surface area contributed by atoms with Gasteiger partial charge in [-0.05, 0) is 39.5 Å². The standard InChI is InChI=1S/C11H21NO/c1-8-5-6-9(2)12(7-8)10(3)11(4)13/h8-10H,5-7H2,1-4H3. The van der Waals surface area contributed by atoms with Crippen LogP contribution in [0.2, 0.25) is 0 Å². The second kappa shape index (κ2) is 4.23. The van der Waals surface area contributed by atoms with Crippen molar-refractivity contribution in [1.82, 2.24) is 4.90 Å². The molecule has 0 aromatic carbocycles. The number of carbonyl (C=O) groups excluding carboxylic acids is 1. The molecule has 1 aliphatic heterocycles. The first-order valence-electron chi connectivity index (χ1n) is 5.28. The number of Topliss-reactive ketones (excluding diaryl/α,β-unsaturated/α-hetero) is 1. The molecule has 1 rings (SSSR count). The minimum Gasteiger partial charge on any atom is -0.298 e. The van der Waals surface area contributed by atoms with Crippen LogP contribution in [-0.2, 0) is 4.79 Å². The Morgan fingerprint density at radius 3 is 2.54 bits per heavy atom. The van der Waals surface area contributed by atoms with Crippen LogP contribution in [0.1, 0.15) is 40.5 Å². The molecule has 0 saturated carbocycles. The predicted molar refractivity (Wildman–Crippen MR) is 54.7 cm³/mol. The van der Waals surface area contributed by atoms with Crippen molar-refractivity contribution in [2.45, 2.75) is 52.6 Å². The number of carbonyl (C=O) groups is 1. The molecule has 0 aliphatic carbocycles. The Kier molecular flexibility index (Phi) is 3.48. The average molecular weight is 183 g/mol. The van der Waals surface area contributed by atoms with E-state index in [9.17, 15) is 4.79 Å². The molecule has 3 atom stereocenters. The Morgan fingerprint density at radius 1 is 1.38 bits per heavy atom. The van der Waals surface area contributed by atoms with Crippen LogP contribution in [0.3, 0.4) is 0 Å². The number of hydrogen-bond donors (Lipinski definition) is 0. The number of rotatable bonds is 2. The normalized spacial score (nSPS) is 32.9. The van der Waals surface area contributed by atoms with E-state index in [0.29, 0.717) is 11.8 Å². The third-order valence-electron chi connectivity index (χ3n) is 3.25. The minimum atomic E-state index is 0.109. The van der Waals surface area contributed by atoms with E-state index in [1.807, 2.05) is 6.92 Å². The SMILES string of the molecule is CC(=O)C(C)N1CC(C)CCC1C. The first-order valence-corrected chi connectivity index (χ1v) is 5.28. The van der Waals surface area contributed by atoms with Gasteiger partial charge in [0.15, 0.2) is 0 Å². The quantitative estimate of drug-likeness (QED) is 0.653. The van der Waals surface area contributed by atoms with Gasteiger partial charge in [0.05, 0.1) is 6.04 Å². The third kappa shape index (κ3) is 2.53. The van der Waals surface area contributed by atoms with E-state index in [2.05, 4.69) is 18.7 Å². The summed E-state index contributed by atoms with van der Waals surface area (Å²) in [6, 6.07) is 0.688. The van der Waals surface area contributed by atoms with Crippen molar-refractivity contribution in [1.29, 1.82) is 0 Å². The molecule has 0 amide bonds. The van der Waals surface area contributed by atoms with E-state index in [1.54, 1.807) is 6.92 Å². The number of likely N-dealkylation sites (tertiary alicyclic amines) is 1. The fourth-order valence-corrected chi connectivity index (χ4v) is 2.10. The third-order valence-corrected chi connectivity index (χ3v) is 3.25. The van der Waals surface area contributed by atoms with Gasteiger partial charge in [-0.15, -0.1) is 0 Å². The van der Waals surface area contributed by atoms with Gasteiger partial charge in [0.2, 0.25) is 0 Å². The van der Waals surface area contributed by atoms with E-state index >= 15 is 0 Å². The molecular weight excluding hydrogens is 162 g/mol. The van der Waals surface area contributed by atoms with Gasteiger partial charge < -0.3 is 0 Å². The van der Waals surface area contributed by atoms with Crippen molar-refractivity contribution in [2.75, 3.05) is 6.54 Å². The van der Waals surface area contributed by atoms with E-state index in [-0.39, 0.29) is 6.04 Å². The Balaban J connectivity index is 2.60. The summed E-state index contributed by atoms with van der Waals surface area (Å²) in [5, 5.41) is 0. The molecular formula is C11H21NO. The van der Waals surface area contributed by atoms with Gasteiger partial charge in [0.1, 0.15) is 5.78 Å². The second-order valence-corrected chi connectivity index (χ2v) is 4.51. The lowest BCUT2D eigenvalue weighted by molar-refractivity contribution is -0.123. The summed E-state index contributed by atoms with van der Waals surface area (Å²) in [5.74, 6) is 1.04. The van der Waals surface area contributed by atoms with Crippen molar-refractivity contribution < 1.29 is 4.79 Å². The molecule has 0 aromatic heterocycles. The van der Waals surface area contributed by atoms with E-state index in [4.69, 9.17) is 0 Å². The number of hydrogen-bond acceptors (Lipinski definition) is 2. The van der Waals surface area contributed by atoms with Crippen LogP contribution in [0.25, 0.3) is 0 Å². The Labute approximate surface area is 81.3 Å². The molecule has 3 unspecified atom stereocenters. The predicted octanol–water partition coefficient (Wildman–Crippen LogP) is 2.08. The van der Waals surface area contributed by atoms with Crippen LogP contribution in [0.5, 0.6) is 0 Å². The molecule has 0 spiro atoms. The van der Waals surface area contributed by atoms with Gasteiger partial charge in [-0.3, -0.25) is 9.69 Å². The Bertz CT molecular complexity index is 191. The van der Waals surface area contributed by atoms with Crippen molar-refractivity contribution in [3.8, 4) is 0 Å². The summed E-state index contributed by atoms with van der Waals surface area (Å²) in [5.41, 5.74) is 0. The summed E-state index contributed by atoms with van der Waals surface area (Å²) >= 11 is 0. The van der Waals surface area contributed by atoms with Crippen LogP contribution in [-0.4, -0.2) is 29.3 Å². The maximum absolute atomic E-state index is 11.3. The highest BCUT2D eigenvalue weighted by Gasteiger charge is 2.28. The van der Waals surface area contributed by atoms with Crippen molar-refractivity contribution in [3.05, 3.63) is 0 Å². The van der Waals surface area contributed by atoms with E-state index in [0.717, 1.165) is 12.5 Å². The molecule has 1 fully saturated rings. The van der Waals surface area contributed by atoms with Crippen molar-refractivity contribution in [3.63, 3.8) is 0 Å². The first kappa shape index (κ1) is 10.7. The summed E-state index contributed by atoms with van der Waals surface area (Å²) < 4.78 is 0.